The third-order valence-corrected chi connectivity index (χ3v) is 2.57. The third kappa shape index (κ3) is 4.13. The maximum Gasteiger partial charge on any atom is 0.254 e. The molecule has 0 atom stereocenters. The van der Waals surface area contributed by atoms with Crippen LogP contribution in [0.3, 0.4) is 0 Å². The number of ether oxygens (including phenoxy) is 1. The van der Waals surface area contributed by atoms with Gasteiger partial charge in [0, 0.05) is 25.1 Å². The summed E-state index contributed by atoms with van der Waals surface area (Å²) < 4.78 is 20.4. The van der Waals surface area contributed by atoms with Crippen molar-refractivity contribution in [2.24, 2.45) is 0 Å². The average Bonchev–Trinajstić information content (AvgIpc) is 2.96. The molecule has 0 aliphatic carbocycles. The molecule has 0 saturated carbocycles. The number of pyridine rings is 1. The molecule has 2 rings (SSSR count). The van der Waals surface area contributed by atoms with Gasteiger partial charge in [0.15, 0.2) is 5.82 Å². The second-order valence-corrected chi connectivity index (χ2v) is 3.99. The molecule has 2 heterocycles. The first-order valence-electron chi connectivity index (χ1n) is 6.20. The molecule has 0 spiro atoms. The van der Waals surface area contributed by atoms with Crippen LogP contribution in [0.1, 0.15) is 10.4 Å². The van der Waals surface area contributed by atoms with Gasteiger partial charge in [0.2, 0.25) is 0 Å². The summed E-state index contributed by atoms with van der Waals surface area (Å²) in [5.41, 5.74) is -0.0171. The van der Waals surface area contributed by atoms with E-state index < -0.39 is 11.7 Å². The summed E-state index contributed by atoms with van der Waals surface area (Å²) in [5, 5.41) is 6.61. The van der Waals surface area contributed by atoms with Crippen molar-refractivity contribution in [2.75, 3.05) is 19.8 Å². The van der Waals surface area contributed by atoms with E-state index in [9.17, 15) is 9.18 Å². The van der Waals surface area contributed by atoms with E-state index in [4.69, 9.17) is 4.74 Å². The Morgan fingerprint density at radius 2 is 2.30 bits per heavy atom. The number of carbonyl (C=O) groups is 1. The average molecular weight is 278 g/mol. The van der Waals surface area contributed by atoms with Gasteiger partial charge in [-0.05, 0) is 12.1 Å². The van der Waals surface area contributed by atoms with Gasteiger partial charge in [-0.2, -0.15) is 5.10 Å². The lowest BCUT2D eigenvalue weighted by Crippen LogP contribution is -2.28. The van der Waals surface area contributed by atoms with Crippen molar-refractivity contribution in [1.82, 2.24) is 20.1 Å². The van der Waals surface area contributed by atoms with E-state index in [-0.39, 0.29) is 5.56 Å². The zero-order valence-electron chi connectivity index (χ0n) is 10.8. The highest BCUT2D eigenvalue weighted by Gasteiger charge is 2.09. The molecule has 1 amide bonds. The van der Waals surface area contributed by atoms with E-state index in [1.165, 1.54) is 12.3 Å². The van der Waals surface area contributed by atoms with Crippen LogP contribution in [-0.4, -0.2) is 40.4 Å². The standard InChI is InChI=1S/C13H15FN4O2/c14-12-10-15-4-2-11(12)13(19)16-5-8-20-9-7-18-6-1-3-17-18/h1-4,6,10H,5,7-9H2,(H,16,19). The molecule has 0 aromatic carbocycles. The SMILES string of the molecule is O=C(NCCOCCn1cccn1)c1ccncc1F. The maximum atomic E-state index is 13.3. The zero-order valence-corrected chi connectivity index (χ0v) is 10.8. The van der Waals surface area contributed by atoms with Crippen molar-refractivity contribution in [2.45, 2.75) is 6.54 Å². The zero-order chi connectivity index (χ0) is 14.2. The number of carbonyl (C=O) groups excluding carboxylic acids is 1. The summed E-state index contributed by atoms with van der Waals surface area (Å²) in [5.74, 6) is -1.11. The van der Waals surface area contributed by atoms with Crippen molar-refractivity contribution in [3.05, 3.63) is 48.3 Å². The van der Waals surface area contributed by atoms with Gasteiger partial charge < -0.3 is 10.1 Å². The van der Waals surface area contributed by atoms with E-state index >= 15 is 0 Å². The molecule has 0 unspecified atom stereocenters. The van der Waals surface area contributed by atoms with Crippen molar-refractivity contribution in [3.63, 3.8) is 0 Å². The Bertz CT molecular complexity index is 545. The number of halogens is 1. The van der Waals surface area contributed by atoms with Crippen molar-refractivity contribution in [1.29, 1.82) is 0 Å². The Kier molecular flexibility index (Phi) is 5.19. The van der Waals surface area contributed by atoms with Crippen LogP contribution in [-0.2, 0) is 11.3 Å². The highest BCUT2D eigenvalue weighted by molar-refractivity contribution is 5.94. The van der Waals surface area contributed by atoms with Gasteiger partial charge in [0.05, 0.1) is 31.5 Å². The number of amides is 1. The molecule has 7 heteroatoms. The summed E-state index contributed by atoms with van der Waals surface area (Å²) in [6, 6.07) is 3.17. The molecule has 2 aromatic rings. The van der Waals surface area contributed by atoms with Crippen molar-refractivity contribution >= 4 is 5.91 Å². The van der Waals surface area contributed by atoms with Crippen LogP contribution in [0.4, 0.5) is 4.39 Å². The third-order valence-electron chi connectivity index (χ3n) is 2.57. The number of rotatable bonds is 7. The van der Waals surface area contributed by atoms with Gasteiger partial charge in [-0.15, -0.1) is 0 Å². The molecular weight excluding hydrogens is 263 g/mol. The first-order valence-corrected chi connectivity index (χ1v) is 6.20. The highest BCUT2D eigenvalue weighted by Crippen LogP contribution is 2.03. The van der Waals surface area contributed by atoms with Crippen LogP contribution in [0.5, 0.6) is 0 Å². The van der Waals surface area contributed by atoms with E-state index in [0.29, 0.717) is 26.3 Å². The van der Waals surface area contributed by atoms with Gasteiger partial charge in [0.25, 0.3) is 5.91 Å². The molecule has 0 fully saturated rings. The van der Waals surface area contributed by atoms with Crippen LogP contribution in [0.2, 0.25) is 0 Å². The predicted octanol–water partition coefficient (Wildman–Crippen LogP) is 0.864. The second kappa shape index (κ2) is 7.34. The van der Waals surface area contributed by atoms with Gasteiger partial charge in [0.1, 0.15) is 0 Å². The molecule has 0 radical (unpaired) electrons. The molecule has 0 aliphatic rings. The first-order chi connectivity index (χ1) is 9.77. The van der Waals surface area contributed by atoms with Crippen LogP contribution in [0.25, 0.3) is 0 Å². The lowest BCUT2D eigenvalue weighted by atomic mass is 10.2. The number of aromatic nitrogens is 3. The molecule has 20 heavy (non-hydrogen) atoms. The number of hydrogen-bond donors (Lipinski definition) is 1. The van der Waals surface area contributed by atoms with E-state index in [0.717, 1.165) is 6.20 Å². The van der Waals surface area contributed by atoms with Gasteiger partial charge >= 0.3 is 0 Å². The monoisotopic (exact) mass is 278 g/mol. The quantitative estimate of drug-likeness (QED) is 0.763. The Balaban J connectivity index is 1.61. The molecule has 6 nitrogen and oxygen atoms in total. The van der Waals surface area contributed by atoms with E-state index in [2.05, 4.69) is 15.4 Å². The summed E-state index contributed by atoms with van der Waals surface area (Å²) in [6.45, 7) is 1.83. The molecule has 0 saturated heterocycles. The smallest absolute Gasteiger partial charge is 0.254 e. The predicted molar refractivity (Wildman–Crippen MR) is 69.6 cm³/mol. The minimum Gasteiger partial charge on any atom is -0.378 e. The second-order valence-electron chi connectivity index (χ2n) is 3.99. The molecular formula is C13H15FN4O2. The molecule has 0 bridgehead atoms. The summed E-state index contributed by atoms with van der Waals surface area (Å²) in [7, 11) is 0. The van der Waals surface area contributed by atoms with Crippen LogP contribution in [0, 0.1) is 5.82 Å². The fourth-order valence-corrected chi connectivity index (χ4v) is 1.58. The topological polar surface area (TPSA) is 69.0 Å². The minimum atomic E-state index is -0.635. The van der Waals surface area contributed by atoms with Gasteiger partial charge in [-0.1, -0.05) is 0 Å². The van der Waals surface area contributed by atoms with Gasteiger partial charge in [-0.25, -0.2) is 4.39 Å². The lowest BCUT2D eigenvalue weighted by Gasteiger charge is -2.07. The number of nitrogens with zero attached hydrogens (tertiary/aromatic N) is 3. The van der Waals surface area contributed by atoms with E-state index in [1.807, 2.05) is 12.3 Å². The summed E-state index contributed by atoms with van der Waals surface area (Å²) in [4.78, 5) is 15.2. The largest absolute Gasteiger partial charge is 0.378 e. The van der Waals surface area contributed by atoms with Crippen LogP contribution >= 0.6 is 0 Å². The molecule has 1 N–H and O–H groups in total. The molecule has 106 valence electrons. The summed E-state index contributed by atoms with van der Waals surface area (Å²) >= 11 is 0. The molecule has 0 aliphatic heterocycles. The maximum absolute atomic E-state index is 13.3. The minimum absolute atomic E-state index is 0.0171. The number of nitrogens with one attached hydrogen (secondary N) is 1. The fraction of sp³-hybridized carbons (Fsp3) is 0.308. The normalized spacial score (nSPS) is 10.4. The summed E-state index contributed by atoms with van der Waals surface area (Å²) in [6.07, 6.45) is 5.93. The van der Waals surface area contributed by atoms with Crippen molar-refractivity contribution in [3.8, 4) is 0 Å². The lowest BCUT2D eigenvalue weighted by molar-refractivity contribution is 0.0902. The highest BCUT2D eigenvalue weighted by atomic mass is 19.1. The van der Waals surface area contributed by atoms with Gasteiger partial charge in [-0.3, -0.25) is 14.5 Å². The Hall–Kier alpha value is -2.28. The van der Waals surface area contributed by atoms with Crippen LogP contribution in [0.15, 0.2) is 36.9 Å². The Morgan fingerprint density at radius 1 is 1.40 bits per heavy atom. The Labute approximate surface area is 115 Å². The Morgan fingerprint density at radius 3 is 3.05 bits per heavy atom. The first kappa shape index (κ1) is 14.1. The van der Waals surface area contributed by atoms with Crippen LogP contribution < -0.4 is 5.32 Å². The fourth-order valence-electron chi connectivity index (χ4n) is 1.58. The van der Waals surface area contributed by atoms with Crippen molar-refractivity contribution < 1.29 is 13.9 Å². The van der Waals surface area contributed by atoms with E-state index in [1.54, 1.807) is 10.9 Å². The molecule has 2 aromatic heterocycles. The number of hydrogen-bond acceptors (Lipinski definition) is 4.